The molecule has 1 aromatic heterocycles. The number of nitrogens with zero attached hydrogens (tertiary/aromatic N) is 2. The van der Waals surface area contributed by atoms with Crippen molar-refractivity contribution in [3.8, 4) is 5.75 Å². The summed E-state index contributed by atoms with van der Waals surface area (Å²) < 4.78 is 5.36. The van der Waals surface area contributed by atoms with Gasteiger partial charge in [-0.25, -0.2) is 0 Å². The van der Waals surface area contributed by atoms with E-state index in [0.717, 1.165) is 53.6 Å². The molecule has 3 aliphatic rings. The van der Waals surface area contributed by atoms with Crippen LogP contribution in [0.2, 0.25) is 0 Å². The fraction of sp³-hybridized carbons (Fsp3) is 0.550. The third-order valence-electron chi connectivity index (χ3n) is 6.13. The van der Waals surface area contributed by atoms with Gasteiger partial charge in [-0.05, 0) is 61.1 Å². The third kappa shape index (κ3) is 2.58. The lowest BCUT2D eigenvalue weighted by Gasteiger charge is -2.51. The van der Waals surface area contributed by atoms with Crippen molar-refractivity contribution in [2.45, 2.75) is 38.3 Å². The Morgan fingerprint density at radius 3 is 2.96 bits per heavy atom. The molecule has 24 heavy (non-hydrogen) atoms. The van der Waals surface area contributed by atoms with Crippen LogP contribution in [0, 0.1) is 11.8 Å². The number of methoxy groups -OCH3 is 1. The summed E-state index contributed by atoms with van der Waals surface area (Å²) in [7, 11) is 1.67. The van der Waals surface area contributed by atoms with Gasteiger partial charge in [0, 0.05) is 24.2 Å². The van der Waals surface area contributed by atoms with Gasteiger partial charge >= 0.3 is 0 Å². The van der Waals surface area contributed by atoms with E-state index in [0.29, 0.717) is 0 Å². The fourth-order valence-corrected chi connectivity index (χ4v) is 4.71. The Hall–Kier alpha value is -1.65. The van der Waals surface area contributed by atoms with E-state index in [-0.39, 0.29) is 6.04 Å². The monoisotopic (exact) mass is 326 g/mol. The van der Waals surface area contributed by atoms with Crippen LogP contribution in [0.4, 0.5) is 0 Å². The van der Waals surface area contributed by atoms with Gasteiger partial charge in [0.15, 0.2) is 0 Å². The molecule has 3 saturated heterocycles. The first-order valence-electron chi connectivity index (χ1n) is 9.06. The average molecular weight is 326 g/mol. The number of hydrogen-bond acceptors (Lipinski definition) is 4. The molecule has 4 heteroatoms. The van der Waals surface area contributed by atoms with Crippen LogP contribution < -0.4 is 4.74 Å². The highest BCUT2D eigenvalue weighted by Gasteiger charge is 2.42. The van der Waals surface area contributed by atoms with Gasteiger partial charge in [-0.3, -0.25) is 9.88 Å². The number of aliphatic hydroxyl groups excluding tert-OH is 1. The molecular formula is C20H26N2O2. The molecule has 1 N–H and O–H groups in total. The van der Waals surface area contributed by atoms with Gasteiger partial charge < -0.3 is 9.84 Å². The predicted molar refractivity (Wildman–Crippen MR) is 95.1 cm³/mol. The van der Waals surface area contributed by atoms with Crippen molar-refractivity contribution in [2.75, 3.05) is 20.2 Å². The molecule has 4 heterocycles. The Morgan fingerprint density at radius 1 is 1.38 bits per heavy atom. The molecule has 1 aromatic carbocycles. The lowest BCUT2D eigenvalue weighted by molar-refractivity contribution is -0.0562. The lowest BCUT2D eigenvalue weighted by Crippen LogP contribution is -2.55. The van der Waals surface area contributed by atoms with Gasteiger partial charge in [0.25, 0.3) is 0 Å². The maximum atomic E-state index is 11.2. The van der Waals surface area contributed by atoms with Crippen molar-refractivity contribution >= 4 is 10.9 Å². The van der Waals surface area contributed by atoms with E-state index in [2.05, 4.69) is 16.8 Å². The van der Waals surface area contributed by atoms with Crippen LogP contribution >= 0.6 is 0 Å². The number of rotatable bonds is 4. The second-order valence-electron chi connectivity index (χ2n) is 7.24. The highest BCUT2D eigenvalue weighted by molar-refractivity contribution is 5.83. The average Bonchev–Trinajstić information content (AvgIpc) is 2.66. The quantitative estimate of drug-likeness (QED) is 0.935. The summed E-state index contributed by atoms with van der Waals surface area (Å²) in [6.45, 7) is 4.55. The van der Waals surface area contributed by atoms with Crippen LogP contribution in [-0.4, -0.2) is 41.2 Å². The van der Waals surface area contributed by atoms with Crippen molar-refractivity contribution < 1.29 is 9.84 Å². The molecule has 5 rings (SSSR count). The second-order valence-corrected chi connectivity index (χ2v) is 7.24. The molecule has 0 spiro atoms. The van der Waals surface area contributed by atoms with Crippen molar-refractivity contribution in [1.82, 2.24) is 9.88 Å². The first-order chi connectivity index (χ1) is 11.7. The highest BCUT2D eigenvalue weighted by atomic mass is 16.5. The van der Waals surface area contributed by atoms with E-state index in [9.17, 15) is 5.11 Å². The Kier molecular flexibility index (Phi) is 4.19. The molecule has 3 unspecified atom stereocenters. The molecule has 2 bridgehead atoms. The summed E-state index contributed by atoms with van der Waals surface area (Å²) in [4.78, 5) is 6.94. The van der Waals surface area contributed by atoms with Gasteiger partial charge in [0.2, 0.25) is 0 Å². The summed E-state index contributed by atoms with van der Waals surface area (Å²) >= 11 is 0. The number of aromatic nitrogens is 1. The van der Waals surface area contributed by atoms with Crippen LogP contribution in [-0.2, 0) is 0 Å². The van der Waals surface area contributed by atoms with Crippen LogP contribution in [0.5, 0.6) is 5.75 Å². The molecule has 0 amide bonds. The van der Waals surface area contributed by atoms with Crippen LogP contribution in [0.3, 0.4) is 0 Å². The molecule has 3 aliphatic heterocycles. The zero-order valence-corrected chi connectivity index (χ0v) is 14.5. The zero-order valence-electron chi connectivity index (χ0n) is 14.5. The molecule has 0 saturated carbocycles. The zero-order chi connectivity index (χ0) is 16.7. The van der Waals surface area contributed by atoms with Gasteiger partial charge in [-0.2, -0.15) is 0 Å². The maximum absolute atomic E-state index is 11.2. The largest absolute Gasteiger partial charge is 0.497 e. The van der Waals surface area contributed by atoms with E-state index in [1.165, 1.54) is 12.8 Å². The second kappa shape index (κ2) is 6.34. The first-order valence-corrected chi connectivity index (χ1v) is 9.06. The van der Waals surface area contributed by atoms with E-state index in [1.54, 1.807) is 13.3 Å². The van der Waals surface area contributed by atoms with Crippen molar-refractivity contribution in [2.24, 2.45) is 11.8 Å². The maximum Gasteiger partial charge on any atom is 0.119 e. The van der Waals surface area contributed by atoms with Gasteiger partial charge in [0.1, 0.15) is 5.75 Å². The van der Waals surface area contributed by atoms with Crippen molar-refractivity contribution in [1.29, 1.82) is 0 Å². The number of fused-ring (bicyclic) bond motifs is 4. The van der Waals surface area contributed by atoms with Gasteiger partial charge in [0.05, 0.1) is 18.7 Å². The summed E-state index contributed by atoms with van der Waals surface area (Å²) in [5.74, 6) is 2.37. The van der Waals surface area contributed by atoms with Crippen LogP contribution in [0.25, 0.3) is 10.9 Å². The van der Waals surface area contributed by atoms with E-state index in [4.69, 9.17) is 4.74 Å². The SMILES string of the molecule is CCC1CN2CCC1C[C@@H]2[C@H](O)c1ccnc2ccc(OC)cc12. The molecule has 2 aromatic rings. The van der Waals surface area contributed by atoms with E-state index >= 15 is 0 Å². The minimum Gasteiger partial charge on any atom is -0.497 e. The smallest absolute Gasteiger partial charge is 0.119 e. The molecule has 4 nitrogen and oxygen atoms in total. The summed E-state index contributed by atoms with van der Waals surface area (Å²) in [5, 5.41) is 12.2. The molecule has 0 radical (unpaired) electrons. The number of pyridine rings is 1. The molecule has 128 valence electrons. The van der Waals surface area contributed by atoms with Crippen LogP contribution in [0.15, 0.2) is 30.5 Å². The molecule has 0 aliphatic carbocycles. The Labute approximate surface area is 143 Å². The Balaban J connectivity index is 1.68. The molecule has 3 fully saturated rings. The van der Waals surface area contributed by atoms with E-state index < -0.39 is 6.10 Å². The fourth-order valence-electron chi connectivity index (χ4n) is 4.71. The third-order valence-corrected chi connectivity index (χ3v) is 6.13. The topological polar surface area (TPSA) is 45.6 Å². The molecule has 5 atom stereocenters. The van der Waals surface area contributed by atoms with Crippen molar-refractivity contribution in [3.63, 3.8) is 0 Å². The minimum atomic E-state index is -0.469. The Bertz CT molecular complexity index is 733. The normalized spacial score (nSPS) is 30.5. The number of piperidine rings is 3. The summed E-state index contributed by atoms with van der Waals surface area (Å²) in [6, 6.07) is 8.07. The van der Waals surface area contributed by atoms with Crippen LogP contribution in [0.1, 0.15) is 37.9 Å². The number of ether oxygens (including phenoxy) is 1. The standard InChI is InChI=1S/C20H26N2O2/c1-3-13-12-22-9-7-14(13)10-19(22)20(23)16-6-8-21-18-5-4-15(24-2)11-17(16)18/h4-6,8,11,13-14,19-20,23H,3,7,9-10,12H2,1-2H3/t13?,14?,19-,20-/m1/s1. The number of aliphatic hydroxyl groups is 1. The number of hydrogen-bond donors (Lipinski definition) is 1. The highest BCUT2D eigenvalue weighted by Crippen LogP contribution is 2.42. The van der Waals surface area contributed by atoms with Gasteiger partial charge in [-0.15, -0.1) is 0 Å². The summed E-state index contributed by atoms with van der Waals surface area (Å²) in [5.41, 5.74) is 1.89. The van der Waals surface area contributed by atoms with Gasteiger partial charge in [-0.1, -0.05) is 13.3 Å². The minimum absolute atomic E-state index is 0.225. The predicted octanol–water partition coefficient (Wildman–Crippen LogP) is 3.40. The lowest BCUT2D eigenvalue weighted by atomic mass is 9.72. The number of benzene rings is 1. The van der Waals surface area contributed by atoms with Crippen molar-refractivity contribution in [3.05, 3.63) is 36.0 Å². The summed E-state index contributed by atoms with van der Waals surface area (Å²) in [6.07, 6.45) is 4.97. The van der Waals surface area contributed by atoms with E-state index in [1.807, 2.05) is 24.3 Å². The first kappa shape index (κ1) is 15.9. The molecular weight excluding hydrogens is 300 g/mol. The Morgan fingerprint density at radius 2 is 2.25 bits per heavy atom.